The van der Waals surface area contributed by atoms with Crippen LogP contribution in [0.5, 0.6) is 0 Å². The van der Waals surface area contributed by atoms with E-state index < -0.39 is 6.04 Å². The third-order valence-corrected chi connectivity index (χ3v) is 3.07. The van der Waals surface area contributed by atoms with E-state index in [4.69, 9.17) is 4.74 Å². The Balaban J connectivity index is 1.92. The normalized spacial score (nSPS) is 23.4. The van der Waals surface area contributed by atoms with Gasteiger partial charge in [-0.05, 0) is 13.8 Å². The molecule has 0 saturated carbocycles. The van der Waals surface area contributed by atoms with Gasteiger partial charge in [0.05, 0.1) is 12.6 Å². The molecule has 0 spiro atoms. The SMILES string of the molecule is CC(C)OCC(=O)N1CCN2C(=O)NC(=O)C2C1. The van der Waals surface area contributed by atoms with Crippen molar-refractivity contribution in [3.05, 3.63) is 0 Å². The maximum Gasteiger partial charge on any atom is 0.324 e. The van der Waals surface area contributed by atoms with Gasteiger partial charge in [-0.25, -0.2) is 4.79 Å². The van der Waals surface area contributed by atoms with Crippen molar-refractivity contribution in [2.45, 2.75) is 26.0 Å². The number of amides is 4. The largest absolute Gasteiger partial charge is 0.369 e. The Labute approximate surface area is 105 Å². The standard InChI is InChI=1S/C11H17N3O4/c1-7(2)18-6-9(15)13-3-4-14-8(5-13)10(16)12-11(14)17/h7-8H,3-6H2,1-2H3,(H,12,16,17). The third kappa shape index (κ3) is 2.45. The predicted molar refractivity (Wildman–Crippen MR) is 61.7 cm³/mol. The zero-order valence-corrected chi connectivity index (χ0v) is 10.5. The lowest BCUT2D eigenvalue weighted by molar-refractivity contribution is -0.140. The van der Waals surface area contributed by atoms with Crippen LogP contribution in [0.3, 0.4) is 0 Å². The third-order valence-electron chi connectivity index (χ3n) is 3.07. The van der Waals surface area contributed by atoms with Crippen LogP contribution in [-0.2, 0) is 14.3 Å². The number of imide groups is 1. The average Bonchev–Trinajstić information content (AvgIpc) is 2.61. The summed E-state index contributed by atoms with van der Waals surface area (Å²) in [6.07, 6.45) is -0.00778. The molecular weight excluding hydrogens is 238 g/mol. The van der Waals surface area contributed by atoms with Gasteiger partial charge < -0.3 is 14.5 Å². The number of hydrogen-bond donors (Lipinski definition) is 1. The summed E-state index contributed by atoms with van der Waals surface area (Å²) < 4.78 is 5.24. The molecule has 18 heavy (non-hydrogen) atoms. The fourth-order valence-electron chi connectivity index (χ4n) is 2.07. The first kappa shape index (κ1) is 12.8. The smallest absolute Gasteiger partial charge is 0.324 e. The quantitative estimate of drug-likeness (QED) is 0.668. The van der Waals surface area contributed by atoms with Crippen LogP contribution in [0.4, 0.5) is 4.79 Å². The average molecular weight is 255 g/mol. The van der Waals surface area contributed by atoms with Gasteiger partial charge in [0, 0.05) is 13.1 Å². The van der Waals surface area contributed by atoms with E-state index in [0.29, 0.717) is 13.1 Å². The number of rotatable bonds is 3. The molecule has 0 aromatic carbocycles. The highest BCUT2D eigenvalue weighted by Gasteiger charge is 2.42. The Morgan fingerprint density at radius 3 is 2.83 bits per heavy atom. The molecule has 2 rings (SSSR count). The number of hydrogen-bond acceptors (Lipinski definition) is 4. The Hall–Kier alpha value is -1.63. The van der Waals surface area contributed by atoms with Gasteiger partial charge in [-0.3, -0.25) is 14.9 Å². The van der Waals surface area contributed by atoms with Gasteiger partial charge in [-0.15, -0.1) is 0 Å². The summed E-state index contributed by atoms with van der Waals surface area (Å²) in [7, 11) is 0. The summed E-state index contributed by atoms with van der Waals surface area (Å²) in [5, 5.41) is 2.25. The van der Waals surface area contributed by atoms with Crippen LogP contribution in [-0.4, -0.2) is 66.0 Å². The monoisotopic (exact) mass is 255 g/mol. The molecule has 4 amide bonds. The highest BCUT2D eigenvalue weighted by atomic mass is 16.5. The van der Waals surface area contributed by atoms with Crippen molar-refractivity contribution in [1.29, 1.82) is 0 Å². The van der Waals surface area contributed by atoms with Gasteiger partial charge in [0.15, 0.2) is 0 Å². The van der Waals surface area contributed by atoms with Crippen LogP contribution < -0.4 is 5.32 Å². The summed E-state index contributed by atoms with van der Waals surface area (Å²) in [6.45, 7) is 4.80. The molecule has 0 aromatic heterocycles. The molecule has 2 heterocycles. The molecule has 1 atom stereocenters. The highest BCUT2D eigenvalue weighted by molar-refractivity contribution is 6.04. The molecule has 1 N–H and O–H groups in total. The number of nitrogens with one attached hydrogen (secondary N) is 1. The first-order chi connectivity index (χ1) is 8.49. The van der Waals surface area contributed by atoms with Gasteiger partial charge in [0.25, 0.3) is 5.91 Å². The maximum atomic E-state index is 11.8. The van der Waals surface area contributed by atoms with Crippen molar-refractivity contribution in [2.24, 2.45) is 0 Å². The zero-order chi connectivity index (χ0) is 13.3. The Bertz CT molecular complexity index is 382. The van der Waals surface area contributed by atoms with Gasteiger partial charge in [0.2, 0.25) is 5.91 Å². The summed E-state index contributed by atoms with van der Waals surface area (Å²) in [5.41, 5.74) is 0. The predicted octanol–water partition coefficient (Wildman–Crippen LogP) is -0.826. The Morgan fingerprint density at radius 2 is 2.17 bits per heavy atom. The minimum Gasteiger partial charge on any atom is -0.369 e. The van der Waals surface area contributed by atoms with E-state index in [0.717, 1.165) is 0 Å². The second-order valence-corrected chi connectivity index (χ2v) is 4.70. The van der Waals surface area contributed by atoms with E-state index in [9.17, 15) is 14.4 Å². The Kier molecular flexibility index (Phi) is 3.51. The van der Waals surface area contributed by atoms with Crippen LogP contribution in [0.15, 0.2) is 0 Å². The second kappa shape index (κ2) is 4.93. The number of carbonyl (C=O) groups is 3. The molecule has 0 aliphatic carbocycles. The molecular formula is C11H17N3O4. The fourth-order valence-corrected chi connectivity index (χ4v) is 2.07. The van der Waals surface area contributed by atoms with Crippen LogP contribution >= 0.6 is 0 Å². The van der Waals surface area contributed by atoms with Crippen molar-refractivity contribution < 1.29 is 19.1 Å². The van der Waals surface area contributed by atoms with Crippen LogP contribution in [0, 0.1) is 0 Å². The molecule has 0 bridgehead atoms. The lowest BCUT2D eigenvalue weighted by Gasteiger charge is -2.35. The van der Waals surface area contributed by atoms with Crippen molar-refractivity contribution >= 4 is 17.8 Å². The molecule has 2 aliphatic rings. The lowest BCUT2D eigenvalue weighted by atomic mass is 10.2. The van der Waals surface area contributed by atoms with Crippen LogP contribution in [0.1, 0.15) is 13.8 Å². The molecule has 2 fully saturated rings. The summed E-state index contributed by atoms with van der Waals surface area (Å²) >= 11 is 0. The zero-order valence-electron chi connectivity index (χ0n) is 10.5. The minimum absolute atomic E-state index is 0.00778. The number of carbonyl (C=O) groups excluding carboxylic acids is 3. The van der Waals surface area contributed by atoms with E-state index >= 15 is 0 Å². The fraction of sp³-hybridized carbons (Fsp3) is 0.727. The van der Waals surface area contributed by atoms with Crippen molar-refractivity contribution in [3.63, 3.8) is 0 Å². The van der Waals surface area contributed by atoms with Gasteiger partial charge in [0.1, 0.15) is 12.6 Å². The second-order valence-electron chi connectivity index (χ2n) is 4.70. The number of piperazine rings is 1. The Morgan fingerprint density at radius 1 is 1.44 bits per heavy atom. The van der Waals surface area contributed by atoms with E-state index in [-0.39, 0.29) is 37.1 Å². The van der Waals surface area contributed by atoms with Crippen LogP contribution in [0.2, 0.25) is 0 Å². The van der Waals surface area contributed by atoms with Gasteiger partial charge in [-0.1, -0.05) is 0 Å². The summed E-state index contributed by atoms with van der Waals surface area (Å²) in [4.78, 5) is 37.8. The molecule has 0 aromatic rings. The van der Waals surface area contributed by atoms with E-state index in [1.807, 2.05) is 13.8 Å². The number of nitrogens with zero attached hydrogens (tertiary/aromatic N) is 2. The molecule has 2 saturated heterocycles. The molecule has 0 radical (unpaired) electrons. The summed E-state index contributed by atoms with van der Waals surface area (Å²) in [6, 6.07) is -0.912. The maximum absolute atomic E-state index is 11.8. The van der Waals surface area contributed by atoms with E-state index in [2.05, 4.69) is 5.32 Å². The lowest BCUT2D eigenvalue weighted by Crippen LogP contribution is -2.55. The highest BCUT2D eigenvalue weighted by Crippen LogP contribution is 2.15. The molecule has 2 aliphatic heterocycles. The number of fused-ring (bicyclic) bond motifs is 1. The molecule has 7 heteroatoms. The van der Waals surface area contributed by atoms with E-state index in [1.54, 1.807) is 4.90 Å². The van der Waals surface area contributed by atoms with Crippen LogP contribution in [0.25, 0.3) is 0 Å². The van der Waals surface area contributed by atoms with Crippen molar-refractivity contribution in [3.8, 4) is 0 Å². The molecule has 100 valence electrons. The summed E-state index contributed by atoms with van der Waals surface area (Å²) in [5.74, 6) is -0.474. The molecule has 1 unspecified atom stereocenters. The topological polar surface area (TPSA) is 79.0 Å². The number of ether oxygens (including phenoxy) is 1. The first-order valence-corrected chi connectivity index (χ1v) is 6.00. The number of urea groups is 1. The van der Waals surface area contributed by atoms with Crippen molar-refractivity contribution in [2.75, 3.05) is 26.2 Å². The van der Waals surface area contributed by atoms with E-state index in [1.165, 1.54) is 4.90 Å². The minimum atomic E-state index is -0.547. The first-order valence-electron chi connectivity index (χ1n) is 6.00. The molecule has 7 nitrogen and oxygen atoms in total. The van der Waals surface area contributed by atoms with Gasteiger partial charge in [-0.2, -0.15) is 0 Å². The van der Waals surface area contributed by atoms with Gasteiger partial charge >= 0.3 is 6.03 Å². The van der Waals surface area contributed by atoms with Crippen molar-refractivity contribution in [1.82, 2.24) is 15.1 Å².